The third-order valence-electron chi connectivity index (χ3n) is 7.28. The highest BCUT2D eigenvalue weighted by Crippen LogP contribution is 2.44. The molecule has 8 heteroatoms. The van der Waals surface area contributed by atoms with Crippen LogP contribution in [0.1, 0.15) is 58.3 Å². The molecule has 0 unspecified atom stereocenters. The van der Waals surface area contributed by atoms with Gasteiger partial charge >= 0.3 is 0 Å². The number of aliphatic imine (C=N–C) groups is 1. The molecule has 3 rings (SSSR count). The van der Waals surface area contributed by atoms with Crippen molar-refractivity contribution in [2.45, 2.75) is 58.3 Å². The molecular weight excluding hydrogens is 505 g/mol. The van der Waals surface area contributed by atoms with Gasteiger partial charge in [0.25, 0.3) is 0 Å². The lowest BCUT2D eigenvalue weighted by molar-refractivity contribution is -0.137. The summed E-state index contributed by atoms with van der Waals surface area (Å²) >= 11 is 0. The number of nitrogens with one attached hydrogen (secondary N) is 2. The number of hydrogen-bond acceptors (Lipinski definition) is 4. The van der Waals surface area contributed by atoms with Crippen LogP contribution in [0.4, 0.5) is 0 Å². The number of ether oxygens (including phenoxy) is 1. The van der Waals surface area contributed by atoms with Crippen molar-refractivity contribution in [2.24, 2.45) is 16.3 Å². The number of guanidine groups is 1. The minimum atomic E-state index is 0. The van der Waals surface area contributed by atoms with Crippen molar-refractivity contribution < 1.29 is 9.53 Å². The van der Waals surface area contributed by atoms with Crippen LogP contribution in [0.5, 0.6) is 0 Å². The maximum Gasteiger partial charge on any atom is 0.225 e. The number of carbonyl (C=O) groups is 1. The third-order valence-corrected chi connectivity index (χ3v) is 7.28. The zero-order valence-electron chi connectivity index (χ0n) is 19.7. The van der Waals surface area contributed by atoms with Crippen molar-refractivity contribution in [2.75, 3.05) is 66.1 Å². The van der Waals surface area contributed by atoms with Gasteiger partial charge in [-0.25, -0.2) is 0 Å². The van der Waals surface area contributed by atoms with Crippen molar-refractivity contribution >= 4 is 35.8 Å². The van der Waals surface area contributed by atoms with Crippen LogP contribution in [0.2, 0.25) is 0 Å². The Hall–Kier alpha value is -0.610. The van der Waals surface area contributed by atoms with Gasteiger partial charge in [-0.2, -0.15) is 0 Å². The minimum absolute atomic E-state index is 0. The number of methoxy groups -OCH3 is 1. The number of carbonyl (C=O) groups excluding carboxylic acids is 1. The average Bonchev–Trinajstić information content (AvgIpc) is 3.27. The number of rotatable bonds is 10. The highest BCUT2D eigenvalue weighted by Gasteiger charge is 2.36. The third kappa shape index (κ3) is 8.03. The Balaban J connectivity index is 0.00000341. The van der Waals surface area contributed by atoms with E-state index in [0.717, 1.165) is 84.2 Å². The van der Waals surface area contributed by atoms with Gasteiger partial charge in [-0.15, -0.1) is 24.0 Å². The Morgan fingerprint density at radius 2 is 1.81 bits per heavy atom. The second-order valence-electron chi connectivity index (χ2n) is 9.37. The normalized spacial score (nSPS) is 22.0. The fourth-order valence-electron chi connectivity index (χ4n) is 5.03. The summed E-state index contributed by atoms with van der Waals surface area (Å²) in [4.78, 5) is 22.0. The molecule has 0 bridgehead atoms. The number of hydrogen-bond donors (Lipinski definition) is 2. The molecule has 31 heavy (non-hydrogen) atoms. The Morgan fingerprint density at radius 3 is 2.39 bits per heavy atom. The molecule has 0 aromatic heterocycles. The number of halogens is 1. The van der Waals surface area contributed by atoms with E-state index in [2.05, 4.69) is 27.4 Å². The molecule has 1 aliphatic heterocycles. The maximum absolute atomic E-state index is 12.6. The molecule has 3 aliphatic rings. The maximum atomic E-state index is 12.6. The predicted molar refractivity (Wildman–Crippen MR) is 137 cm³/mol. The topological polar surface area (TPSA) is 69.2 Å². The first-order valence-electron chi connectivity index (χ1n) is 12.2. The van der Waals surface area contributed by atoms with Crippen LogP contribution in [-0.4, -0.2) is 87.7 Å². The lowest BCUT2D eigenvalue weighted by Crippen LogP contribution is -2.52. The highest BCUT2D eigenvalue weighted by atomic mass is 127. The van der Waals surface area contributed by atoms with Gasteiger partial charge < -0.3 is 20.3 Å². The smallest absolute Gasteiger partial charge is 0.225 e. The zero-order valence-corrected chi connectivity index (χ0v) is 22.0. The average molecular weight is 550 g/mol. The molecule has 2 saturated carbocycles. The van der Waals surface area contributed by atoms with Crippen LogP contribution in [0.25, 0.3) is 0 Å². The molecule has 1 heterocycles. The lowest BCUT2D eigenvalue weighted by atomic mass is 9.67. The van der Waals surface area contributed by atoms with Crippen molar-refractivity contribution in [3.05, 3.63) is 0 Å². The lowest BCUT2D eigenvalue weighted by Gasteiger charge is -2.40. The van der Waals surface area contributed by atoms with E-state index >= 15 is 0 Å². The highest BCUT2D eigenvalue weighted by molar-refractivity contribution is 14.0. The molecule has 0 atom stereocenters. The van der Waals surface area contributed by atoms with Gasteiger partial charge in [-0.05, 0) is 44.4 Å². The van der Waals surface area contributed by atoms with E-state index in [1.807, 2.05) is 0 Å². The monoisotopic (exact) mass is 549 g/mol. The van der Waals surface area contributed by atoms with Crippen LogP contribution >= 0.6 is 24.0 Å². The first-order chi connectivity index (χ1) is 14.7. The SMILES string of the molecule is CCNC(=NCC1(CCOC)CCC1)NCCN1CCN(C(=O)C2CCCC2)CC1.I. The van der Waals surface area contributed by atoms with Crippen molar-refractivity contribution in [1.29, 1.82) is 0 Å². The molecule has 2 N–H and O–H groups in total. The van der Waals surface area contributed by atoms with Gasteiger partial charge in [0.05, 0.1) is 0 Å². The van der Waals surface area contributed by atoms with Gasteiger partial charge in [0.1, 0.15) is 0 Å². The van der Waals surface area contributed by atoms with Gasteiger partial charge in [-0.1, -0.05) is 19.3 Å². The summed E-state index contributed by atoms with van der Waals surface area (Å²) < 4.78 is 5.30. The molecule has 1 amide bonds. The molecule has 0 radical (unpaired) electrons. The largest absolute Gasteiger partial charge is 0.385 e. The second-order valence-corrected chi connectivity index (χ2v) is 9.37. The first-order valence-corrected chi connectivity index (χ1v) is 12.2. The van der Waals surface area contributed by atoms with Gasteiger partial charge in [0, 0.05) is 72.0 Å². The second kappa shape index (κ2) is 13.8. The van der Waals surface area contributed by atoms with E-state index in [-0.39, 0.29) is 24.0 Å². The standard InChI is InChI=1S/C23H43N5O2.HI/c1-3-24-22(26-19-23(9-6-10-23)11-18-30-2)25-12-13-27-14-16-28(17-15-27)21(29)20-7-4-5-8-20;/h20H,3-19H2,1-2H3,(H2,24,25,26);1H. The summed E-state index contributed by atoms with van der Waals surface area (Å²) in [5, 5.41) is 6.90. The van der Waals surface area contributed by atoms with Crippen LogP contribution in [0.3, 0.4) is 0 Å². The van der Waals surface area contributed by atoms with E-state index in [1.165, 1.54) is 32.1 Å². The first kappa shape index (κ1) is 26.6. The number of piperazine rings is 1. The molecule has 3 fully saturated rings. The Morgan fingerprint density at radius 1 is 1.10 bits per heavy atom. The number of amides is 1. The van der Waals surface area contributed by atoms with E-state index in [4.69, 9.17) is 9.73 Å². The zero-order chi connectivity index (χ0) is 21.2. The van der Waals surface area contributed by atoms with Crippen LogP contribution in [-0.2, 0) is 9.53 Å². The van der Waals surface area contributed by atoms with Crippen LogP contribution < -0.4 is 10.6 Å². The van der Waals surface area contributed by atoms with Crippen LogP contribution in [0.15, 0.2) is 4.99 Å². The molecule has 0 aromatic carbocycles. The van der Waals surface area contributed by atoms with E-state index in [0.29, 0.717) is 17.2 Å². The van der Waals surface area contributed by atoms with E-state index < -0.39 is 0 Å². The Kier molecular flexibility index (Phi) is 11.9. The molecule has 180 valence electrons. The van der Waals surface area contributed by atoms with E-state index in [1.54, 1.807) is 7.11 Å². The summed E-state index contributed by atoms with van der Waals surface area (Å²) in [6, 6.07) is 0. The Bertz CT molecular complexity index is 556. The van der Waals surface area contributed by atoms with Crippen molar-refractivity contribution in [3.8, 4) is 0 Å². The summed E-state index contributed by atoms with van der Waals surface area (Å²) in [5.41, 5.74) is 0.348. The van der Waals surface area contributed by atoms with Crippen molar-refractivity contribution in [3.63, 3.8) is 0 Å². The van der Waals surface area contributed by atoms with Gasteiger partial charge in [-0.3, -0.25) is 14.7 Å². The number of nitrogens with zero attached hydrogens (tertiary/aromatic N) is 3. The quantitative estimate of drug-likeness (QED) is 0.249. The van der Waals surface area contributed by atoms with E-state index in [9.17, 15) is 4.79 Å². The van der Waals surface area contributed by atoms with Gasteiger partial charge in [0.15, 0.2) is 5.96 Å². The van der Waals surface area contributed by atoms with Crippen molar-refractivity contribution in [1.82, 2.24) is 20.4 Å². The predicted octanol–water partition coefficient (Wildman–Crippen LogP) is 2.70. The minimum Gasteiger partial charge on any atom is -0.385 e. The fraction of sp³-hybridized carbons (Fsp3) is 0.913. The Labute approximate surface area is 206 Å². The molecule has 0 spiro atoms. The summed E-state index contributed by atoms with van der Waals surface area (Å²) in [5.74, 6) is 1.64. The molecule has 2 aliphatic carbocycles. The molecular formula is C23H44IN5O2. The van der Waals surface area contributed by atoms with Crippen LogP contribution in [0, 0.1) is 11.3 Å². The summed E-state index contributed by atoms with van der Waals surface area (Å²) in [7, 11) is 1.78. The molecule has 0 aromatic rings. The summed E-state index contributed by atoms with van der Waals surface area (Å²) in [6.45, 7) is 10.3. The summed E-state index contributed by atoms with van der Waals surface area (Å²) in [6.07, 6.45) is 9.61. The fourth-order valence-corrected chi connectivity index (χ4v) is 5.03. The molecule has 7 nitrogen and oxygen atoms in total. The molecule has 1 saturated heterocycles. The van der Waals surface area contributed by atoms with Gasteiger partial charge in [0.2, 0.25) is 5.91 Å².